The van der Waals surface area contributed by atoms with Crippen LogP contribution in [0.25, 0.3) is 0 Å². The number of ether oxygens (including phenoxy) is 1. The van der Waals surface area contributed by atoms with Crippen LogP contribution in [0.3, 0.4) is 0 Å². The zero-order valence-corrected chi connectivity index (χ0v) is 16.1. The fourth-order valence-electron chi connectivity index (χ4n) is 3.59. The second kappa shape index (κ2) is 7.97. The highest BCUT2D eigenvalue weighted by molar-refractivity contribution is 6.31. The predicted molar refractivity (Wildman–Crippen MR) is 102 cm³/mol. The van der Waals surface area contributed by atoms with Gasteiger partial charge in [0.2, 0.25) is 0 Å². The van der Waals surface area contributed by atoms with E-state index < -0.39 is 17.6 Å². The Labute approximate surface area is 163 Å². The predicted octanol–water partition coefficient (Wildman–Crippen LogP) is 4.40. The van der Waals surface area contributed by atoms with E-state index in [4.69, 9.17) is 21.4 Å². The van der Waals surface area contributed by atoms with E-state index in [-0.39, 0.29) is 5.82 Å². The molecule has 2 aromatic carbocycles. The first-order valence-corrected chi connectivity index (χ1v) is 9.37. The highest BCUT2D eigenvalue weighted by Gasteiger charge is 2.42. The quantitative estimate of drug-likeness (QED) is 0.686. The Morgan fingerprint density at radius 1 is 1.41 bits per heavy atom. The van der Waals surface area contributed by atoms with E-state index in [0.29, 0.717) is 36.6 Å². The molecule has 0 saturated carbocycles. The number of hydrogen-bond donors (Lipinski definition) is 2. The lowest BCUT2D eigenvalue weighted by atomic mass is 9.81. The minimum Gasteiger partial charge on any atom is -0.480 e. The number of halogens is 2. The third kappa shape index (κ3) is 3.86. The van der Waals surface area contributed by atoms with Crippen LogP contribution in [-0.2, 0) is 21.7 Å². The Bertz CT molecular complexity index is 857. The van der Waals surface area contributed by atoms with Crippen LogP contribution in [0.4, 0.5) is 4.39 Å². The number of benzene rings is 2. The summed E-state index contributed by atoms with van der Waals surface area (Å²) in [5.41, 5.74) is 2.67. The monoisotopic (exact) mass is 391 g/mol. The molecule has 0 saturated heterocycles. The van der Waals surface area contributed by atoms with E-state index in [1.165, 1.54) is 6.07 Å². The molecule has 4 nitrogen and oxygen atoms in total. The molecule has 2 unspecified atom stereocenters. The first-order valence-electron chi connectivity index (χ1n) is 9.00. The first kappa shape index (κ1) is 19.8. The number of hydrogen-bond acceptors (Lipinski definition) is 3. The molecule has 0 radical (unpaired) electrons. The van der Waals surface area contributed by atoms with Crippen molar-refractivity contribution >= 4 is 17.6 Å². The molecule has 144 valence electrons. The molecule has 1 aliphatic rings. The molecule has 0 fully saturated rings. The summed E-state index contributed by atoms with van der Waals surface area (Å²) in [5, 5.41) is 12.6. The number of carboxylic acid groups (broad SMARTS) is 1. The number of carboxylic acids is 1. The molecule has 1 heterocycles. The summed E-state index contributed by atoms with van der Waals surface area (Å²) in [7, 11) is 0. The number of aliphatic carboxylic acids is 1. The third-order valence-electron chi connectivity index (χ3n) is 5.17. The normalized spacial score (nSPS) is 19.7. The highest BCUT2D eigenvalue weighted by Crippen LogP contribution is 2.47. The number of fused-ring (bicyclic) bond motifs is 1. The molecule has 1 aliphatic heterocycles. The molecular formula is C21H23ClFNO3. The van der Waals surface area contributed by atoms with Crippen molar-refractivity contribution in [2.75, 3.05) is 6.54 Å². The van der Waals surface area contributed by atoms with E-state index in [0.717, 1.165) is 16.7 Å². The maximum atomic E-state index is 13.8. The van der Waals surface area contributed by atoms with E-state index in [9.17, 15) is 9.18 Å². The van der Waals surface area contributed by atoms with Gasteiger partial charge in [0.15, 0.2) is 0 Å². The highest BCUT2D eigenvalue weighted by atomic mass is 35.5. The topological polar surface area (TPSA) is 58.6 Å². The molecule has 0 spiro atoms. The summed E-state index contributed by atoms with van der Waals surface area (Å²) < 4.78 is 20.1. The summed E-state index contributed by atoms with van der Waals surface area (Å²) in [4.78, 5) is 11.0. The van der Waals surface area contributed by atoms with Crippen LogP contribution in [0, 0.1) is 12.7 Å². The minimum atomic E-state index is -0.881. The van der Waals surface area contributed by atoms with Crippen molar-refractivity contribution in [3.63, 3.8) is 0 Å². The van der Waals surface area contributed by atoms with Crippen LogP contribution in [0.5, 0.6) is 0 Å². The summed E-state index contributed by atoms with van der Waals surface area (Å²) >= 11 is 6.36. The molecule has 6 heteroatoms. The average molecular weight is 392 g/mol. The SMILES string of the molecule is Cc1cc(C2(CCCNC(C)C(=O)O)OCc3c(Cl)cccc32)ccc1F. The van der Waals surface area contributed by atoms with Gasteiger partial charge < -0.3 is 15.2 Å². The number of rotatable bonds is 7. The van der Waals surface area contributed by atoms with Gasteiger partial charge in [-0.1, -0.05) is 29.8 Å². The van der Waals surface area contributed by atoms with Gasteiger partial charge in [-0.25, -0.2) is 4.39 Å². The maximum Gasteiger partial charge on any atom is 0.320 e. The third-order valence-corrected chi connectivity index (χ3v) is 5.52. The molecule has 3 rings (SSSR count). The first-order chi connectivity index (χ1) is 12.8. The van der Waals surface area contributed by atoms with Crippen molar-refractivity contribution in [3.8, 4) is 0 Å². The van der Waals surface area contributed by atoms with Crippen molar-refractivity contribution in [3.05, 3.63) is 69.5 Å². The lowest BCUT2D eigenvalue weighted by Crippen LogP contribution is -2.35. The Kier molecular flexibility index (Phi) is 5.84. The van der Waals surface area contributed by atoms with Gasteiger partial charge in [0, 0.05) is 10.6 Å². The van der Waals surface area contributed by atoms with Crippen LogP contribution >= 0.6 is 11.6 Å². The smallest absolute Gasteiger partial charge is 0.320 e. The largest absolute Gasteiger partial charge is 0.480 e. The van der Waals surface area contributed by atoms with Gasteiger partial charge in [0.1, 0.15) is 17.5 Å². The molecule has 0 aliphatic carbocycles. The molecule has 2 atom stereocenters. The number of carbonyl (C=O) groups is 1. The molecule has 2 N–H and O–H groups in total. The van der Waals surface area contributed by atoms with Crippen molar-refractivity contribution in [2.24, 2.45) is 0 Å². The molecule has 0 amide bonds. The standard InChI is InChI=1S/C21H23ClFNO3/c1-13-11-15(7-8-19(13)23)21(9-4-10-24-14(2)20(25)26)17-5-3-6-18(22)16(17)12-27-21/h3,5-8,11,14,24H,4,9-10,12H2,1-2H3,(H,25,26). The van der Waals surface area contributed by atoms with Crippen molar-refractivity contribution in [1.82, 2.24) is 5.32 Å². The van der Waals surface area contributed by atoms with Gasteiger partial charge >= 0.3 is 5.97 Å². The summed E-state index contributed by atoms with van der Waals surface area (Å²) in [6, 6.07) is 10.2. The fraction of sp³-hybridized carbons (Fsp3) is 0.381. The van der Waals surface area contributed by atoms with E-state index in [1.54, 1.807) is 19.9 Å². The van der Waals surface area contributed by atoms with Crippen molar-refractivity contribution in [1.29, 1.82) is 0 Å². The average Bonchev–Trinajstić information content (AvgIpc) is 3.02. The van der Waals surface area contributed by atoms with Crippen LogP contribution in [0.15, 0.2) is 36.4 Å². The van der Waals surface area contributed by atoms with Gasteiger partial charge in [-0.2, -0.15) is 0 Å². The Morgan fingerprint density at radius 2 is 2.19 bits per heavy atom. The molecule has 0 aromatic heterocycles. The van der Waals surface area contributed by atoms with Crippen LogP contribution in [-0.4, -0.2) is 23.7 Å². The Balaban J connectivity index is 1.91. The number of aryl methyl sites for hydroxylation is 1. The fourth-order valence-corrected chi connectivity index (χ4v) is 3.82. The van der Waals surface area contributed by atoms with Gasteiger partial charge in [0.25, 0.3) is 0 Å². The zero-order chi connectivity index (χ0) is 19.6. The summed E-state index contributed by atoms with van der Waals surface area (Å²) in [6.07, 6.45) is 1.32. The van der Waals surface area contributed by atoms with Crippen LogP contribution in [0.1, 0.15) is 42.0 Å². The maximum absolute atomic E-state index is 13.8. The molecule has 0 bridgehead atoms. The summed E-state index contributed by atoms with van der Waals surface area (Å²) in [5.74, 6) is -1.14. The second-order valence-electron chi connectivity index (χ2n) is 6.96. The number of nitrogens with one attached hydrogen (secondary N) is 1. The molecule has 27 heavy (non-hydrogen) atoms. The van der Waals surface area contributed by atoms with Crippen LogP contribution < -0.4 is 5.32 Å². The lowest BCUT2D eigenvalue weighted by molar-refractivity contribution is -0.139. The molecular weight excluding hydrogens is 369 g/mol. The van der Waals surface area contributed by atoms with Gasteiger partial charge in [-0.05, 0) is 68.1 Å². The van der Waals surface area contributed by atoms with Crippen molar-refractivity contribution < 1.29 is 19.0 Å². The van der Waals surface area contributed by atoms with Gasteiger partial charge in [-0.15, -0.1) is 0 Å². The van der Waals surface area contributed by atoms with Gasteiger partial charge in [-0.3, -0.25) is 4.79 Å². The minimum absolute atomic E-state index is 0.254. The summed E-state index contributed by atoms with van der Waals surface area (Å²) in [6.45, 7) is 4.28. The van der Waals surface area contributed by atoms with Crippen molar-refractivity contribution in [2.45, 2.75) is 44.9 Å². The van der Waals surface area contributed by atoms with E-state index in [1.807, 2.05) is 24.3 Å². The Morgan fingerprint density at radius 3 is 2.89 bits per heavy atom. The van der Waals surface area contributed by atoms with E-state index in [2.05, 4.69) is 5.32 Å². The van der Waals surface area contributed by atoms with E-state index >= 15 is 0 Å². The van der Waals surface area contributed by atoms with Crippen LogP contribution in [0.2, 0.25) is 5.02 Å². The molecule has 2 aromatic rings. The van der Waals surface area contributed by atoms with Gasteiger partial charge in [0.05, 0.1) is 6.61 Å². The lowest BCUT2D eigenvalue weighted by Gasteiger charge is -2.31. The Hall–Kier alpha value is -1.95. The zero-order valence-electron chi connectivity index (χ0n) is 15.4. The second-order valence-corrected chi connectivity index (χ2v) is 7.37.